The highest BCUT2D eigenvalue weighted by molar-refractivity contribution is 5.79. The van der Waals surface area contributed by atoms with Crippen molar-refractivity contribution in [2.75, 3.05) is 7.11 Å². The molecule has 3 nitrogen and oxygen atoms in total. The highest BCUT2D eigenvalue weighted by Gasteiger charge is 2.00. The molecule has 0 unspecified atom stereocenters. The zero-order valence-electron chi connectivity index (χ0n) is 10.3. The van der Waals surface area contributed by atoms with Gasteiger partial charge in [-0.2, -0.15) is 0 Å². The van der Waals surface area contributed by atoms with E-state index in [9.17, 15) is 4.79 Å². The molecule has 1 aliphatic rings. The van der Waals surface area contributed by atoms with Gasteiger partial charge in [0.2, 0.25) is 0 Å². The van der Waals surface area contributed by atoms with Crippen LogP contribution >= 0.6 is 0 Å². The van der Waals surface area contributed by atoms with E-state index in [1.54, 1.807) is 6.07 Å². The molecule has 0 heterocycles. The van der Waals surface area contributed by atoms with Crippen LogP contribution in [0, 0.1) is 0 Å². The van der Waals surface area contributed by atoms with E-state index in [-0.39, 0.29) is 11.3 Å². The molecular weight excluding hydrogens is 216 g/mol. The molecule has 1 fully saturated rings. The van der Waals surface area contributed by atoms with Crippen LogP contribution in [0.25, 0.3) is 0 Å². The molecule has 0 aromatic heterocycles. The quantitative estimate of drug-likeness (QED) is 0.799. The fourth-order valence-electron chi connectivity index (χ4n) is 1.81. The van der Waals surface area contributed by atoms with E-state index in [0.29, 0.717) is 12.0 Å². The van der Waals surface area contributed by atoms with Crippen molar-refractivity contribution in [3.8, 4) is 11.5 Å². The van der Waals surface area contributed by atoms with Crippen molar-refractivity contribution in [2.45, 2.75) is 38.5 Å². The number of aldehydes is 1. The van der Waals surface area contributed by atoms with Gasteiger partial charge in [-0.05, 0) is 18.2 Å². The molecule has 1 saturated carbocycles. The number of aromatic hydroxyl groups is 1. The summed E-state index contributed by atoms with van der Waals surface area (Å²) in [6.07, 6.45) is 9.58. The first-order valence-corrected chi connectivity index (χ1v) is 6.10. The second-order valence-electron chi connectivity index (χ2n) is 4.16. The highest BCUT2D eigenvalue weighted by Crippen LogP contribution is 2.20. The van der Waals surface area contributed by atoms with E-state index in [4.69, 9.17) is 9.84 Å². The van der Waals surface area contributed by atoms with Crippen LogP contribution in [0.1, 0.15) is 48.9 Å². The summed E-state index contributed by atoms with van der Waals surface area (Å²) in [5.41, 5.74) is 0.240. The Morgan fingerprint density at radius 1 is 1.12 bits per heavy atom. The number of hydrogen-bond donors (Lipinski definition) is 1. The van der Waals surface area contributed by atoms with Crippen molar-refractivity contribution >= 4 is 6.29 Å². The third-order valence-corrected chi connectivity index (χ3v) is 2.86. The highest BCUT2D eigenvalue weighted by atomic mass is 16.5. The zero-order valence-corrected chi connectivity index (χ0v) is 10.3. The maximum Gasteiger partial charge on any atom is 0.153 e. The monoisotopic (exact) mass is 236 g/mol. The van der Waals surface area contributed by atoms with Crippen molar-refractivity contribution < 1.29 is 14.6 Å². The van der Waals surface area contributed by atoms with Crippen molar-refractivity contribution in [1.82, 2.24) is 0 Å². The van der Waals surface area contributed by atoms with Gasteiger partial charge in [0.15, 0.2) is 6.29 Å². The Morgan fingerprint density at radius 2 is 1.65 bits per heavy atom. The predicted octanol–water partition coefficient (Wildman–Crippen LogP) is 3.55. The predicted molar refractivity (Wildman–Crippen MR) is 67.7 cm³/mol. The largest absolute Gasteiger partial charge is 0.507 e. The SMILES string of the molecule is C1CCCCC1.COc1ccc(O)c(C=O)c1. The van der Waals surface area contributed by atoms with Crippen LogP contribution in [-0.4, -0.2) is 18.5 Å². The minimum atomic E-state index is -0.0270. The number of carbonyl (C=O) groups is 1. The molecule has 0 amide bonds. The Bertz CT molecular complexity index is 332. The molecule has 0 saturated heterocycles. The minimum absolute atomic E-state index is 0.0270. The summed E-state index contributed by atoms with van der Waals surface area (Å²) >= 11 is 0. The summed E-state index contributed by atoms with van der Waals surface area (Å²) in [6, 6.07) is 4.48. The van der Waals surface area contributed by atoms with Crippen LogP contribution in [0.4, 0.5) is 0 Å². The maximum absolute atomic E-state index is 10.3. The summed E-state index contributed by atoms with van der Waals surface area (Å²) in [5, 5.41) is 9.04. The van der Waals surface area contributed by atoms with Gasteiger partial charge < -0.3 is 9.84 Å². The van der Waals surface area contributed by atoms with Crippen LogP contribution in [0.15, 0.2) is 18.2 Å². The molecule has 0 spiro atoms. The van der Waals surface area contributed by atoms with E-state index < -0.39 is 0 Å². The number of carbonyl (C=O) groups excluding carboxylic acids is 1. The summed E-state index contributed by atoms with van der Waals surface area (Å²) in [4.78, 5) is 10.3. The van der Waals surface area contributed by atoms with Crippen LogP contribution in [0.5, 0.6) is 11.5 Å². The standard InChI is InChI=1S/C8H8O3.C6H12/c1-11-7-2-3-8(10)6(4-7)5-9;1-2-4-6-5-3-1/h2-5,10H,1H3;1-6H2. The van der Waals surface area contributed by atoms with Crippen molar-refractivity contribution in [3.05, 3.63) is 23.8 Å². The van der Waals surface area contributed by atoms with Crippen LogP contribution in [0.3, 0.4) is 0 Å². The third-order valence-electron chi connectivity index (χ3n) is 2.86. The van der Waals surface area contributed by atoms with Gasteiger partial charge in [-0.3, -0.25) is 4.79 Å². The second kappa shape index (κ2) is 7.71. The molecule has 17 heavy (non-hydrogen) atoms. The van der Waals surface area contributed by atoms with Gasteiger partial charge in [-0.25, -0.2) is 0 Å². The van der Waals surface area contributed by atoms with Gasteiger partial charge in [-0.15, -0.1) is 0 Å². The Morgan fingerprint density at radius 3 is 2.06 bits per heavy atom. The first-order chi connectivity index (χ1) is 8.27. The van der Waals surface area contributed by atoms with Crippen LogP contribution in [-0.2, 0) is 0 Å². The van der Waals surface area contributed by atoms with Crippen molar-refractivity contribution in [3.63, 3.8) is 0 Å². The van der Waals surface area contributed by atoms with E-state index in [1.807, 2.05) is 0 Å². The molecule has 0 radical (unpaired) electrons. The normalized spacial score (nSPS) is 14.4. The first kappa shape index (κ1) is 13.6. The topological polar surface area (TPSA) is 46.5 Å². The number of rotatable bonds is 2. The number of phenolic OH excluding ortho intramolecular Hbond substituents is 1. The molecular formula is C14H20O3. The van der Waals surface area contributed by atoms with Crippen LogP contribution < -0.4 is 4.74 Å². The lowest BCUT2D eigenvalue weighted by molar-refractivity contribution is 0.112. The van der Waals surface area contributed by atoms with Gasteiger partial charge in [0, 0.05) is 0 Å². The first-order valence-electron chi connectivity index (χ1n) is 6.10. The molecule has 1 N–H and O–H groups in total. The van der Waals surface area contributed by atoms with Gasteiger partial charge in [0.1, 0.15) is 11.5 Å². The molecule has 0 atom stereocenters. The van der Waals surface area contributed by atoms with Crippen molar-refractivity contribution in [1.29, 1.82) is 0 Å². The summed E-state index contributed by atoms with van der Waals surface area (Å²) < 4.78 is 4.84. The molecule has 1 aliphatic carbocycles. The maximum atomic E-state index is 10.3. The lowest BCUT2D eigenvalue weighted by atomic mass is 10.0. The number of phenols is 1. The average molecular weight is 236 g/mol. The average Bonchev–Trinajstić information content (AvgIpc) is 2.42. The number of hydrogen-bond acceptors (Lipinski definition) is 3. The Balaban J connectivity index is 0.000000202. The number of ether oxygens (including phenoxy) is 1. The second-order valence-corrected chi connectivity index (χ2v) is 4.16. The summed E-state index contributed by atoms with van der Waals surface area (Å²) in [6.45, 7) is 0. The van der Waals surface area contributed by atoms with Crippen LogP contribution in [0.2, 0.25) is 0 Å². The van der Waals surface area contributed by atoms with E-state index in [0.717, 1.165) is 0 Å². The van der Waals surface area contributed by atoms with Gasteiger partial charge in [0.25, 0.3) is 0 Å². The fraction of sp³-hybridized carbons (Fsp3) is 0.500. The van der Waals surface area contributed by atoms with E-state index >= 15 is 0 Å². The van der Waals surface area contributed by atoms with Gasteiger partial charge in [0.05, 0.1) is 12.7 Å². The van der Waals surface area contributed by atoms with E-state index in [1.165, 1.54) is 57.8 Å². The molecule has 1 aromatic carbocycles. The molecule has 1 aromatic rings. The Labute approximate surface area is 102 Å². The van der Waals surface area contributed by atoms with Crippen molar-refractivity contribution in [2.24, 2.45) is 0 Å². The smallest absolute Gasteiger partial charge is 0.153 e. The summed E-state index contributed by atoms with van der Waals surface area (Å²) in [7, 11) is 1.50. The van der Waals surface area contributed by atoms with Gasteiger partial charge >= 0.3 is 0 Å². The summed E-state index contributed by atoms with van der Waals surface area (Å²) in [5.74, 6) is 0.533. The third kappa shape index (κ3) is 4.89. The lowest BCUT2D eigenvalue weighted by Crippen LogP contribution is -1.85. The minimum Gasteiger partial charge on any atom is -0.507 e. The van der Waals surface area contributed by atoms with E-state index in [2.05, 4.69) is 0 Å². The number of benzene rings is 1. The molecule has 3 heteroatoms. The Kier molecular flexibility index (Phi) is 6.15. The Hall–Kier alpha value is -1.51. The van der Waals surface area contributed by atoms with Gasteiger partial charge in [-0.1, -0.05) is 38.5 Å². The molecule has 2 rings (SSSR count). The molecule has 0 aliphatic heterocycles. The number of methoxy groups -OCH3 is 1. The lowest BCUT2D eigenvalue weighted by Gasteiger charge is -2.05. The molecule has 94 valence electrons. The molecule has 0 bridgehead atoms. The zero-order chi connectivity index (χ0) is 12.5. The fourth-order valence-corrected chi connectivity index (χ4v) is 1.81.